The van der Waals surface area contributed by atoms with E-state index in [2.05, 4.69) is 27.0 Å². The lowest BCUT2D eigenvalue weighted by Gasteiger charge is -2.34. The Hall–Kier alpha value is -1.02. The summed E-state index contributed by atoms with van der Waals surface area (Å²) in [6.45, 7) is 8.11. The standard InChI is InChI=1S/C14H27N5O2/c1-4-13-15-14(21-16-13)11-18(3)9-12(20)10-19-7-5-17(2)6-8-19/h12,20H,4-11H2,1-3H3. The number of likely N-dealkylation sites (N-methyl/N-ethyl adjacent to an activating group) is 2. The molecule has 21 heavy (non-hydrogen) atoms. The Morgan fingerprint density at radius 2 is 2.05 bits per heavy atom. The highest BCUT2D eigenvalue weighted by Gasteiger charge is 2.18. The second-order valence-corrected chi connectivity index (χ2v) is 5.91. The van der Waals surface area contributed by atoms with Crippen molar-refractivity contribution >= 4 is 0 Å². The number of piperazine rings is 1. The summed E-state index contributed by atoms with van der Waals surface area (Å²) in [4.78, 5) is 10.9. The molecule has 1 aliphatic rings. The third kappa shape index (κ3) is 5.35. The summed E-state index contributed by atoms with van der Waals surface area (Å²) in [5, 5.41) is 14.1. The maximum atomic E-state index is 10.2. The Kier molecular flexibility index (Phi) is 6.10. The fraction of sp³-hybridized carbons (Fsp3) is 0.857. The molecule has 1 unspecified atom stereocenters. The maximum absolute atomic E-state index is 10.2. The van der Waals surface area contributed by atoms with Crippen molar-refractivity contribution < 1.29 is 9.63 Å². The number of aliphatic hydroxyl groups is 1. The average molecular weight is 297 g/mol. The largest absolute Gasteiger partial charge is 0.390 e. The van der Waals surface area contributed by atoms with E-state index in [0.29, 0.717) is 19.0 Å². The van der Waals surface area contributed by atoms with Crippen molar-refractivity contribution in [1.29, 1.82) is 0 Å². The number of aliphatic hydroxyl groups excluding tert-OH is 1. The SMILES string of the molecule is CCc1noc(CN(C)CC(O)CN2CCN(C)CC2)n1. The molecule has 1 fully saturated rings. The lowest BCUT2D eigenvalue weighted by Crippen LogP contribution is -2.48. The minimum Gasteiger partial charge on any atom is -0.390 e. The smallest absolute Gasteiger partial charge is 0.240 e. The molecular weight excluding hydrogens is 270 g/mol. The molecule has 0 amide bonds. The zero-order chi connectivity index (χ0) is 15.2. The number of aryl methyl sites for hydroxylation is 1. The Labute approximate surface area is 126 Å². The summed E-state index contributed by atoms with van der Waals surface area (Å²) < 4.78 is 5.17. The van der Waals surface area contributed by atoms with E-state index in [1.165, 1.54) is 0 Å². The van der Waals surface area contributed by atoms with Gasteiger partial charge in [-0.15, -0.1) is 0 Å². The van der Waals surface area contributed by atoms with E-state index in [1.54, 1.807) is 0 Å². The van der Waals surface area contributed by atoms with E-state index in [0.717, 1.165) is 45.0 Å². The van der Waals surface area contributed by atoms with E-state index < -0.39 is 0 Å². The van der Waals surface area contributed by atoms with Crippen LogP contribution in [-0.4, -0.2) is 89.4 Å². The highest BCUT2D eigenvalue weighted by atomic mass is 16.5. The molecule has 1 aromatic heterocycles. The van der Waals surface area contributed by atoms with Crippen LogP contribution in [-0.2, 0) is 13.0 Å². The fourth-order valence-corrected chi connectivity index (χ4v) is 2.54. The molecule has 0 aromatic carbocycles. The molecule has 0 radical (unpaired) electrons. The van der Waals surface area contributed by atoms with Gasteiger partial charge in [-0.25, -0.2) is 0 Å². The molecule has 7 heteroatoms. The van der Waals surface area contributed by atoms with Crippen LogP contribution in [0.2, 0.25) is 0 Å². The molecule has 0 bridgehead atoms. The maximum Gasteiger partial charge on any atom is 0.240 e. The van der Waals surface area contributed by atoms with Crippen LogP contribution in [0, 0.1) is 0 Å². The highest BCUT2D eigenvalue weighted by molar-refractivity contribution is 4.85. The van der Waals surface area contributed by atoms with Crippen molar-refractivity contribution in [2.24, 2.45) is 0 Å². The van der Waals surface area contributed by atoms with Crippen LogP contribution >= 0.6 is 0 Å². The van der Waals surface area contributed by atoms with Gasteiger partial charge < -0.3 is 14.5 Å². The summed E-state index contributed by atoms with van der Waals surface area (Å²) in [7, 11) is 4.10. The normalized spacial score (nSPS) is 19.3. The zero-order valence-corrected chi connectivity index (χ0v) is 13.3. The van der Waals surface area contributed by atoms with Gasteiger partial charge in [-0.1, -0.05) is 12.1 Å². The summed E-state index contributed by atoms with van der Waals surface area (Å²) in [5.41, 5.74) is 0. The number of β-amino-alcohol motifs (C(OH)–C–C–N with tert-alkyl or cyclic N) is 1. The predicted octanol–water partition coefficient (Wildman–Crippen LogP) is -0.328. The van der Waals surface area contributed by atoms with E-state index in [9.17, 15) is 5.11 Å². The number of hydrogen-bond donors (Lipinski definition) is 1. The van der Waals surface area contributed by atoms with Gasteiger partial charge in [0.15, 0.2) is 5.82 Å². The Balaban J connectivity index is 1.70. The second kappa shape index (κ2) is 7.84. The van der Waals surface area contributed by atoms with Crippen LogP contribution in [0.1, 0.15) is 18.6 Å². The van der Waals surface area contributed by atoms with E-state index in [4.69, 9.17) is 4.52 Å². The Morgan fingerprint density at radius 3 is 2.67 bits per heavy atom. The topological polar surface area (TPSA) is 68.9 Å². The lowest BCUT2D eigenvalue weighted by molar-refractivity contribution is 0.0574. The molecule has 120 valence electrons. The van der Waals surface area contributed by atoms with Gasteiger partial charge in [0.05, 0.1) is 12.6 Å². The quantitative estimate of drug-likeness (QED) is 0.739. The van der Waals surface area contributed by atoms with Gasteiger partial charge in [-0.2, -0.15) is 4.98 Å². The first-order chi connectivity index (χ1) is 10.1. The second-order valence-electron chi connectivity index (χ2n) is 5.91. The minimum atomic E-state index is -0.355. The third-order valence-corrected chi connectivity index (χ3v) is 3.82. The van der Waals surface area contributed by atoms with Crippen LogP contribution in [0.15, 0.2) is 4.52 Å². The average Bonchev–Trinajstić information content (AvgIpc) is 2.88. The number of aromatic nitrogens is 2. The molecular formula is C14H27N5O2. The van der Waals surface area contributed by atoms with E-state index in [1.807, 2.05) is 18.9 Å². The van der Waals surface area contributed by atoms with Crippen molar-refractivity contribution in [3.8, 4) is 0 Å². The molecule has 2 heterocycles. The molecule has 7 nitrogen and oxygen atoms in total. The van der Waals surface area contributed by atoms with Crippen molar-refractivity contribution in [2.45, 2.75) is 26.0 Å². The summed E-state index contributed by atoms with van der Waals surface area (Å²) >= 11 is 0. The molecule has 2 rings (SSSR count). The molecule has 1 atom stereocenters. The zero-order valence-electron chi connectivity index (χ0n) is 13.3. The van der Waals surface area contributed by atoms with Crippen molar-refractivity contribution in [1.82, 2.24) is 24.8 Å². The van der Waals surface area contributed by atoms with Crippen molar-refractivity contribution in [3.05, 3.63) is 11.7 Å². The summed E-state index contributed by atoms with van der Waals surface area (Å²) in [6, 6.07) is 0. The fourth-order valence-electron chi connectivity index (χ4n) is 2.54. The van der Waals surface area contributed by atoms with Crippen LogP contribution in [0.25, 0.3) is 0 Å². The number of hydrogen-bond acceptors (Lipinski definition) is 7. The molecule has 1 N–H and O–H groups in total. The lowest BCUT2D eigenvalue weighted by atomic mass is 10.2. The first-order valence-corrected chi connectivity index (χ1v) is 7.65. The first kappa shape index (κ1) is 16.4. The van der Waals surface area contributed by atoms with Gasteiger partial charge in [-0.3, -0.25) is 9.80 Å². The molecule has 1 aliphatic heterocycles. The highest BCUT2D eigenvalue weighted by Crippen LogP contribution is 2.05. The minimum absolute atomic E-state index is 0.355. The van der Waals surface area contributed by atoms with Crippen LogP contribution in [0.3, 0.4) is 0 Å². The number of nitrogens with zero attached hydrogens (tertiary/aromatic N) is 5. The van der Waals surface area contributed by atoms with E-state index >= 15 is 0 Å². The van der Waals surface area contributed by atoms with Crippen molar-refractivity contribution in [2.75, 3.05) is 53.4 Å². The van der Waals surface area contributed by atoms with Gasteiger partial charge in [0.2, 0.25) is 5.89 Å². The third-order valence-electron chi connectivity index (χ3n) is 3.82. The molecule has 0 aliphatic carbocycles. The molecule has 0 saturated carbocycles. The van der Waals surface area contributed by atoms with Crippen LogP contribution < -0.4 is 0 Å². The van der Waals surface area contributed by atoms with Gasteiger partial charge in [0.1, 0.15) is 0 Å². The Bertz CT molecular complexity index is 417. The predicted molar refractivity (Wildman–Crippen MR) is 80.0 cm³/mol. The van der Waals surface area contributed by atoms with Crippen LogP contribution in [0.4, 0.5) is 0 Å². The summed E-state index contributed by atoms with van der Waals surface area (Å²) in [5.74, 6) is 1.34. The van der Waals surface area contributed by atoms with Gasteiger partial charge in [0, 0.05) is 45.7 Å². The summed E-state index contributed by atoms with van der Waals surface area (Å²) in [6.07, 6.45) is 0.422. The van der Waals surface area contributed by atoms with Gasteiger partial charge >= 0.3 is 0 Å². The van der Waals surface area contributed by atoms with Gasteiger partial charge in [-0.05, 0) is 14.1 Å². The first-order valence-electron chi connectivity index (χ1n) is 7.65. The van der Waals surface area contributed by atoms with Crippen molar-refractivity contribution in [3.63, 3.8) is 0 Å². The monoisotopic (exact) mass is 297 g/mol. The number of rotatable bonds is 7. The van der Waals surface area contributed by atoms with Gasteiger partial charge in [0.25, 0.3) is 0 Å². The molecule has 1 aromatic rings. The molecule has 1 saturated heterocycles. The molecule has 0 spiro atoms. The van der Waals surface area contributed by atoms with E-state index in [-0.39, 0.29) is 6.10 Å². The van der Waals surface area contributed by atoms with Crippen LogP contribution in [0.5, 0.6) is 0 Å². The Morgan fingerprint density at radius 1 is 1.33 bits per heavy atom.